The average Bonchev–Trinajstić information content (AvgIpc) is 2.42. The van der Waals surface area contributed by atoms with Gasteiger partial charge in [-0.05, 0) is 42.8 Å². The first-order valence-corrected chi connectivity index (χ1v) is 6.01. The molecule has 0 bridgehead atoms. The largest absolute Gasteiger partial charge is 0.519 e. The number of ether oxygens (including phenoxy) is 2. The first-order chi connectivity index (χ1) is 9.28. The van der Waals surface area contributed by atoms with E-state index in [1.54, 1.807) is 36.4 Å². The number of hydrogen-bond donors (Lipinski definition) is 1. The third kappa shape index (κ3) is 4.12. The second-order valence-electron chi connectivity index (χ2n) is 3.95. The molecule has 0 aliphatic carbocycles. The van der Waals surface area contributed by atoms with Crippen LogP contribution in [0.2, 0.25) is 0 Å². The number of carbonyl (C=O) groups excluding carboxylic acids is 1. The molecule has 0 heterocycles. The minimum Gasteiger partial charge on any atom is -0.395 e. The van der Waals surface area contributed by atoms with Gasteiger partial charge in [-0.2, -0.15) is 0 Å². The molecule has 0 amide bonds. The van der Waals surface area contributed by atoms with E-state index in [4.69, 9.17) is 15.2 Å². The molecule has 0 fully saturated rings. The maximum absolute atomic E-state index is 11.5. The van der Waals surface area contributed by atoms with Gasteiger partial charge in [0.05, 0.1) is 0 Å². The van der Waals surface area contributed by atoms with Crippen molar-refractivity contribution in [2.75, 3.05) is 6.54 Å². The molecule has 4 heteroatoms. The van der Waals surface area contributed by atoms with Crippen molar-refractivity contribution in [2.24, 2.45) is 5.73 Å². The van der Waals surface area contributed by atoms with E-state index in [1.165, 1.54) is 0 Å². The van der Waals surface area contributed by atoms with Gasteiger partial charge in [0, 0.05) is 0 Å². The lowest BCUT2D eigenvalue weighted by Gasteiger charge is -2.06. The summed E-state index contributed by atoms with van der Waals surface area (Å²) in [6.07, 6.45) is 0.0483. The number of nitrogens with two attached hydrogens (primary N) is 1. The molecular weight excluding hydrogens is 242 g/mol. The molecule has 2 aromatic rings. The highest BCUT2D eigenvalue weighted by Gasteiger charge is 2.07. The minimum absolute atomic E-state index is 0.446. The molecular formula is C15H15NO3. The number of carbonyl (C=O) groups is 1. The molecule has 0 aromatic heterocycles. The monoisotopic (exact) mass is 257 g/mol. The fourth-order valence-corrected chi connectivity index (χ4v) is 1.59. The van der Waals surface area contributed by atoms with Gasteiger partial charge in [0.1, 0.15) is 11.5 Å². The van der Waals surface area contributed by atoms with Crippen molar-refractivity contribution >= 4 is 6.16 Å². The standard InChI is InChI=1S/C15H15NO3/c16-11-10-12-6-8-14(9-7-12)19-15(17)18-13-4-2-1-3-5-13/h1-9H,10-11,16H2. The molecule has 0 atom stereocenters. The molecule has 2 rings (SSSR count). The summed E-state index contributed by atoms with van der Waals surface area (Å²) in [5.74, 6) is 0.897. The van der Waals surface area contributed by atoms with E-state index in [0.29, 0.717) is 18.0 Å². The summed E-state index contributed by atoms with van der Waals surface area (Å²) in [6, 6.07) is 16.0. The van der Waals surface area contributed by atoms with Crippen LogP contribution in [0.1, 0.15) is 5.56 Å². The van der Waals surface area contributed by atoms with Crippen molar-refractivity contribution in [3.8, 4) is 11.5 Å². The Morgan fingerprint density at radius 2 is 1.47 bits per heavy atom. The van der Waals surface area contributed by atoms with Gasteiger partial charge in [0.25, 0.3) is 0 Å². The summed E-state index contributed by atoms with van der Waals surface area (Å²) in [5.41, 5.74) is 6.56. The van der Waals surface area contributed by atoms with Crippen LogP contribution in [0.5, 0.6) is 11.5 Å². The van der Waals surface area contributed by atoms with Crippen LogP contribution < -0.4 is 15.2 Å². The molecule has 4 nitrogen and oxygen atoms in total. The van der Waals surface area contributed by atoms with E-state index < -0.39 is 6.16 Å². The molecule has 0 unspecified atom stereocenters. The van der Waals surface area contributed by atoms with Gasteiger partial charge in [0.2, 0.25) is 0 Å². The van der Waals surface area contributed by atoms with Crippen LogP contribution in [0.3, 0.4) is 0 Å². The zero-order valence-corrected chi connectivity index (χ0v) is 10.4. The predicted molar refractivity (Wildman–Crippen MR) is 72.3 cm³/mol. The Hall–Kier alpha value is -2.33. The molecule has 0 saturated carbocycles. The highest BCUT2D eigenvalue weighted by atomic mass is 16.7. The summed E-state index contributed by atoms with van der Waals surface area (Å²) in [7, 11) is 0. The number of rotatable bonds is 4. The lowest BCUT2D eigenvalue weighted by atomic mass is 10.1. The summed E-state index contributed by atoms with van der Waals surface area (Å²) < 4.78 is 10.1. The average molecular weight is 257 g/mol. The first kappa shape index (κ1) is 13.1. The Bertz CT molecular complexity index is 523. The SMILES string of the molecule is NCCc1ccc(OC(=O)Oc2ccccc2)cc1. The van der Waals surface area contributed by atoms with Crippen molar-refractivity contribution < 1.29 is 14.3 Å². The van der Waals surface area contributed by atoms with Crippen molar-refractivity contribution in [3.05, 3.63) is 60.2 Å². The quantitative estimate of drug-likeness (QED) is 0.675. The van der Waals surface area contributed by atoms with Crippen molar-refractivity contribution in [2.45, 2.75) is 6.42 Å². The van der Waals surface area contributed by atoms with Crippen LogP contribution in [-0.2, 0) is 6.42 Å². The second-order valence-corrected chi connectivity index (χ2v) is 3.95. The van der Waals surface area contributed by atoms with E-state index in [0.717, 1.165) is 12.0 Å². The van der Waals surface area contributed by atoms with E-state index in [2.05, 4.69) is 0 Å². The van der Waals surface area contributed by atoms with Crippen LogP contribution in [0.15, 0.2) is 54.6 Å². The minimum atomic E-state index is -0.752. The van der Waals surface area contributed by atoms with Gasteiger partial charge in [-0.3, -0.25) is 0 Å². The zero-order valence-electron chi connectivity index (χ0n) is 10.4. The Morgan fingerprint density at radius 1 is 0.895 bits per heavy atom. The van der Waals surface area contributed by atoms with Gasteiger partial charge < -0.3 is 15.2 Å². The van der Waals surface area contributed by atoms with Gasteiger partial charge in [0.15, 0.2) is 0 Å². The van der Waals surface area contributed by atoms with Gasteiger partial charge in [-0.25, -0.2) is 4.79 Å². The summed E-state index contributed by atoms with van der Waals surface area (Å²) in [4.78, 5) is 11.5. The van der Waals surface area contributed by atoms with E-state index in [1.807, 2.05) is 18.2 Å². The molecule has 0 saturated heterocycles. The zero-order chi connectivity index (χ0) is 13.5. The highest BCUT2D eigenvalue weighted by molar-refractivity contribution is 5.67. The summed E-state index contributed by atoms with van der Waals surface area (Å²) >= 11 is 0. The molecule has 0 aliphatic rings. The van der Waals surface area contributed by atoms with Crippen molar-refractivity contribution in [1.82, 2.24) is 0 Å². The Morgan fingerprint density at radius 3 is 2.05 bits per heavy atom. The van der Waals surface area contributed by atoms with Crippen molar-refractivity contribution in [1.29, 1.82) is 0 Å². The van der Waals surface area contributed by atoms with Crippen LogP contribution in [0.25, 0.3) is 0 Å². The normalized spacial score (nSPS) is 9.95. The molecule has 2 N–H and O–H groups in total. The van der Waals surface area contributed by atoms with Crippen molar-refractivity contribution in [3.63, 3.8) is 0 Å². The topological polar surface area (TPSA) is 61.5 Å². The van der Waals surface area contributed by atoms with E-state index in [9.17, 15) is 4.79 Å². The predicted octanol–water partition coefficient (Wildman–Crippen LogP) is 2.77. The summed E-state index contributed by atoms with van der Waals surface area (Å²) in [6.45, 7) is 0.594. The fraction of sp³-hybridized carbons (Fsp3) is 0.133. The second kappa shape index (κ2) is 6.56. The molecule has 0 spiro atoms. The van der Waals surface area contributed by atoms with E-state index in [-0.39, 0.29) is 0 Å². The summed E-state index contributed by atoms with van der Waals surface area (Å²) in [5, 5.41) is 0. The van der Waals surface area contributed by atoms with Crippen LogP contribution in [0.4, 0.5) is 4.79 Å². The number of para-hydroxylation sites is 1. The van der Waals surface area contributed by atoms with Crippen LogP contribution >= 0.6 is 0 Å². The Balaban J connectivity index is 1.91. The van der Waals surface area contributed by atoms with Gasteiger partial charge in [-0.1, -0.05) is 30.3 Å². The maximum atomic E-state index is 11.5. The lowest BCUT2D eigenvalue weighted by molar-refractivity contribution is 0.152. The Kier molecular flexibility index (Phi) is 4.53. The highest BCUT2D eigenvalue weighted by Crippen LogP contribution is 2.15. The third-order valence-corrected chi connectivity index (χ3v) is 2.50. The molecule has 2 aromatic carbocycles. The number of hydrogen-bond acceptors (Lipinski definition) is 4. The molecule has 19 heavy (non-hydrogen) atoms. The van der Waals surface area contributed by atoms with Gasteiger partial charge >= 0.3 is 6.16 Å². The molecule has 0 aliphatic heterocycles. The molecule has 0 radical (unpaired) electrons. The maximum Gasteiger partial charge on any atom is 0.519 e. The van der Waals surface area contributed by atoms with Crippen LogP contribution in [-0.4, -0.2) is 12.7 Å². The number of benzene rings is 2. The smallest absolute Gasteiger partial charge is 0.395 e. The van der Waals surface area contributed by atoms with Crippen LogP contribution in [0, 0.1) is 0 Å². The van der Waals surface area contributed by atoms with Gasteiger partial charge in [-0.15, -0.1) is 0 Å². The first-order valence-electron chi connectivity index (χ1n) is 6.01. The molecule has 98 valence electrons. The Labute approximate surface area is 111 Å². The van der Waals surface area contributed by atoms with E-state index >= 15 is 0 Å². The lowest BCUT2D eigenvalue weighted by Crippen LogP contribution is -2.13. The fourth-order valence-electron chi connectivity index (χ4n) is 1.59. The third-order valence-electron chi connectivity index (χ3n) is 2.50.